The molecule has 1 heterocycles. The lowest BCUT2D eigenvalue weighted by molar-refractivity contribution is 0.0953. The van der Waals surface area contributed by atoms with Gasteiger partial charge in [-0.3, -0.25) is 4.79 Å². The summed E-state index contributed by atoms with van der Waals surface area (Å²) in [6.07, 6.45) is 2.36. The summed E-state index contributed by atoms with van der Waals surface area (Å²) in [7, 11) is 0. The molecule has 4 rings (SSSR count). The number of carbonyl (C=O) groups excluding carboxylic acids is 1. The van der Waals surface area contributed by atoms with Crippen LogP contribution in [0.15, 0.2) is 66.7 Å². The maximum absolute atomic E-state index is 13.1. The zero-order chi connectivity index (χ0) is 25.5. The Morgan fingerprint density at radius 1 is 1.06 bits per heavy atom. The first-order valence-corrected chi connectivity index (χ1v) is 12.6. The molecule has 6 heteroatoms. The Bertz CT molecular complexity index is 1310. The van der Waals surface area contributed by atoms with Gasteiger partial charge in [-0.25, -0.2) is 9.37 Å². The second-order valence-corrected chi connectivity index (χ2v) is 9.43. The van der Waals surface area contributed by atoms with E-state index in [4.69, 9.17) is 9.72 Å². The molecular formula is C30H34FN3O2. The van der Waals surface area contributed by atoms with Gasteiger partial charge in [0.2, 0.25) is 0 Å². The van der Waals surface area contributed by atoms with E-state index in [1.807, 2.05) is 18.2 Å². The molecule has 5 nitrogen and oxygen atoms in total. The summed E-state index contributed by atoms with van der Waals surface area (Å²) in [6, 6.07) is 20.1. The fourth-order valence-electron chi connectivity index (χ4n) is 4.37. The predicted octanol–water partition coefficient (Wildman–Crippen LogP) is 6.44. The maximum atomic E-state index is 13.1. The number of hydrogen-bond donors (Lipinski definition) is 1. The highest BCUT2D eigenvalue weighted by molar-refractivity contribution is 5.94. The highest BCUT2D eigenvalue weighted by atomic mass is 19.1. The summed E-state index contributed by atoms with van der Waals surface area (Å²) in [4.78, 5) is 17.1. The Hall–Kier alpha value is -3.67. The van der Waals surface area contributed by atoms with Crippen LogP contribution in [0.3, 0.4) is 0 Å². The number of nitrogens with one attached hydrogen (secondary N) is 1. The monoisotopic (exact) mass is 487 g/mol. The minimum absolute atomic E-state index is 0.197. The van der Waals surface area contributed by atoms with Crippen molar-refractivity contribution in [1.29, 1.82) is 0 Å². The number of rotatable bonds is 11. The van der Waals surface area contributed by atoms with Crippen molar-refractivity contribution in [1.82, 2.24) is 14.9 Å². The molecule has 0 aliphatic carbocycles. The second kappa shape index (κ2) is 11.8. The summed E-state index contributed by atoms with van der Waals surface area (Å²) in [5.41, 5.74) is 4.98. The quantitative estimate of drug-likeness (QED) is 0.248. The van der Waals surface area contributed by atoms with E-state index in [0.29, 0.717) is 24.6 Å². The van der Waals surface area contributed by atoms with Gasteiger partial charge in [-0.15, -0.1) is 0 Å². The fourth-order valence-corrected chi connectivity index (χ4v) is 4.37. The molecule has 0 aliphatic rings. The van der Waals surface area contributed by atoms with Gasteiger partial charge in [-0.1, -0.05) is 38.1 Å². The van der Waals surface area contributed by atoms with Crippen LogP contribution in [0.4, 0.5) is 4.39 Å². The lowest BCUT2D eigenvalue weighted by Gasteiger charge is -2.15. The number of benzene rings is 3. The molecule has 1 N–H and O–H groups in total. The van der Waals surface area contributed by atoms with E-state index in [1.165, 1.54) is 35.4 Å². The van der Waals surface area contributed by atoms with E-state index in [2.05, 4.69) is 54.9 Å². The number of nitrogens with zero attached hydrogens (tertiary/aromatic N) is 2. The molecule has 0 radical (unpaired) electrons. The number of ether oxygens (including phenoxy) is 1. The zero-order valence-corrected chi connectivity index (χ0v) is 21.3. The van der Waals surface area contributed by atoms with Gasteiger partial charge in [-0.2, -0.15) is 0 Å². The normalized spacial score (nSPS) is 11.2. The standard InChI is InChI=1S/C30H34FN3O2/c1-21(2)25-16-11-22(3)20-28(25)36-19-7-18-34-27-9-5-4-8-26(27)33-29(34)10-6-17-32-30(35)23-12-14-24(31)15-13-23/h4-5,8-9,11-16,20-21H,6-7,10,17-19H2,1-3H3,(H,32,35). The molecule has 0 unspecified atom stereocenters. The lowest BCUT2D eigenvalue weighted by Crippen LogP contribution is -2.25. The molecule has 0 spiro atoms. The minimum atomic E-state index is -0.352. The van der Waals surface area contributed by atoms with Crippen molar-refractivity contribution in [3.05, 3.63) is 95.1 Å². The Balaban J connectivity index is 1.35. The summed E-state index contributed by atoms with van der Waals surface area (Å²) in [5.74, 6) is 1.84. The Morgan fingerprint density at radius 3 is 2.61 bits per heavy atom. The number of hydrogen-bond acceptors (Lipinski definition) is 3. The number of halogens is 1. The molecule has 0 saturated heterocycles. The number of imidazole rings is 1. The molecule has 0 aliphatic heterocycles. The number of fused-ring (bicyclic) bond motifs is 1. The molecule has 0 bridgehead atoms. The lowest BCUT2D eigenvalue weighted by atomic mass is 10.0. The maximum Gasteiger partial charge on any atom is 0.251 e. The van der Waals surface area contributed by atoms with Crippen LogP contribution in [-0.4, -0.2) is 28.6 Å². The van der Waals surface area contributed by atoms with Gasteiger partial charge >= 0.3 is 0 Å². The van der Waals surface area contributed by atoms with Crippen molar-refractivity contribution in [2.75, 3.05) is 13.2 Å². The van der Waals surface area contributed by atoms with Crippen LogP contribution in [0.1, 0.15) is 59.9 Å². The van der Waals surface area contributed by atoms with Gasteiger partial charge in [0.05, 0.1) is 17.6 Å². The van der Waals surface area contributed by atoms with Crippen LogP contribution in [0.5, 0.6) is 5.75 Å². The van der Waals surface area contributed by atoms with E-state index < -0.39 is 0 Å². The van der Waals surface area contributed by atoms with E-state index in [9.17, 15) is 9.18 Å². The van der Waals surface area contributed by atoms with E-state index in [-0.39, 0.29) is 11.7 Å². The van der Waals surface area contributed by atoms with E-state index in [1.54, 1.807) is 0 Å². The minimum Gasteiger partial charge on any atom is -0.493 e. The molecule has 0 atom stereocenters. The van der Waals surface area contributed by atoms with Crippen molar-refractivity contribution in [3.8, 4) is 5.75 Å². The topological polar surface area (TPSA) is 56.1 Å². The summed E-state index contributed by atoms with van der Waals surface area (Å²) in [5, 5.41) is 2.91. The van der Waals surface area contributed by atoms with E-state index >= 15 is 0 Å². The van der Waals surface area contributed by atoms with Crippen LogP contribution in [0.25, 0.3) is 11.0 Å². The van der Waals surface area contributed by atoms with Crippen molar-refractivity contribution < 1.29 is 13.9 Å². The fraction of sp³-hybridized carbons (Fsp3) is 0.333. The first-order valence-electron chi connectivity index (χ1n) is 12.6. The molecule has 1 aromatic heterocycles. The van der Waals surface area contributed by atoms with Gasteiger partial charge < -0.3 is 14.6 Å². The largest absolute Gasteiger partial charge is 0.493 e. The molecule has 36 heavy (non-hydrogen) atoms. The molecule has 1 amide bonds. The van der Waals surface area contributed by atoms with Crippen LogP contribution >= 0.6 is 0 Å². The first-order chi connectivity index (χ1) is 17.4. The number of aryl methyl sites for hydroxylation is 3. The van der Waals surface area contributed by atoms with Crippen molar-refractivity contribution in [3.63, 3.8) is 0 Å². The van der Waals surface area contributed by atoms with Crippen molar-refractivity contribution >= 4 is 16.9 Å². The average molecular weight is 488 g/mol. The highest BCUT2D eigenvalue weighted by Gasteiger charge is 2.12. The zero-order valence-electron chi connectivity index (χ0n) is 21.3. The van der Waals surface area contributed by atoms with Crippen molar-refractivity contribution in [2.24, 2.45) is 0 Å². The Kier molecular flexibility index (Phi) is 8.36. The third-order valence-electron chi connectivity index (χ3n) is 6.28. The molecular weight excluding hydrogens is 453 g/mol. The average Bonchev–Trinajstić information content (AvgIpc) is 3.22. The number of para-hydroxylation sites is 2. The van der Waals surface area contributed by atoms with Crippen LogP contribution < -0.4 is 10.1 Å². The van der Waals surface area contributed by atoms with Gasteiger partial charge in [0.25, 0.3) is 5.91 Å². The third-order valence-corrected chi connectivity index (χ3v) is 6.28. The predicted molar refractivity (Wildman–Crippen MR) is 142 cm³/mol. The number of amides is 1. The summed E-state index contributed by atoms with van der Waals surface area (Å²) >= 11 is 0. The SMILES string of the molecule is Cc1ccc(C(C)C)c(OCCCn2c(CCCNC(=O)c3ccc(F)cc3)nc3ccccc32)c1. The van der Waals surface area contributed by atoms with Gasteiger partial charge in [-0.05, 0) is 79.3 Å². The van der Waals surface area contributed by atoms with Crippen LogP contribution in [-0.2, 0) is 13.0 Å². The molecule has 3 aromatic carbocycles. The van der Waals surface area contributed by atoms with Crippen LogP contribution in [0.2, 0.25) is 0 Å². The van der Waals surface area contributed by atoms with Crippen molar-refractivity contribution in [2.45, 2.75) is 52.5 Å². The van der Waals surface area contributed by atoms with E-state index in [0.717, 1.165) is 48.4 Å². The smallest absolute Gasteiger partial charge is 0.251 e. The van der Waals surface area contributed by atoms with Gasteiger partial charge in [0.1, 0.15) is 17.4 Å². The van der Waals surface area contributed by atoms with Gasteiger partial charge in [0, 0.05) is 25.1 Å². The third kappa shape index (κ3) is 6.30. The molecule has 0 fully saturated rings. The Morgan fingerprint density at radius 2 is 1.83 bits per heavy atom. The number of aromatic nitrogens is 2. The van der Waals surface area contributed by atoms with Crippen LogP contribution in [0, 0.1) is 12.7 Å². The molecule has 0 saturated carbocycles. The molecule has 4 aromatic rings. The highest BCUT2D eigenvalue weighted by Crippen LogP contribution is 2.27. The summed E-state index contributed by atoms with van der Waals surface area (Å²) in [6.45, 7) is 8.41. The molecule has 188 valence electrons. The first kappa shape index (κ1) is 25.4. The summed E-state index contributed by atoms with van der Waals surface area (Å²) < 4.78 is 21.5. The van der Waals surface area contributed by atoms with Gasteiger partial charge in [0.15, 0.2) is 0 Å². The second-order valence-electron chi connectivity index (χ2n) is 9.43. The number of carbonyl (C=O) groups is 1. The Labute approximate surface area is 212 Å².